The van der Waals surface area contributed by atoms with Crippen molar-refractivity contribution in [3.63, 3.8) is 0 Å². The van der Waals surface area contributed by atoms with E-state index in [4.69, 9.17) is 4.74 Å². The summed E-state index contributed by atoms with van der Waals surface area (Å²) < 4.78 is 4.73. The Balaban J connectivity index is 1.90. The lowest BCUT2D eigenvalue weighted by molar-refractivity contribution is -0.147. The SMILES string of the molecule is COC(=O)C1CC(O)CN1CC(=O)N1CCN(C)CC1. The number of likely N-dealkylation sites (N-methyl/N-ethyl adjacent to an activating group) is 1. The predicted octanol–water partition coefficient (Wildman–Crippen LogP) is -1.63. The van der Waals surface area contributed by atoms with Gasteiger partial charge in [-0.1, -0.05) is 0 Å². The highest BCUT2D eigenvalue weighted by Gasteiger charge is 2.38. The molecule has 7 heteroatoms. The van der Waals surface area contributed by atoms with E-state index in [0.29, 0.717) is 26.1 Å². The van der Waals surface area contributed by atoms with E-state index in [9.17, 15) is 14.7 Å². The molecular weight excluding hydrogens is 262 g/mol. The Morgan fingerprint density at radius 2 is 1.90 bits per heavy atom. The van der Waals surface area contributed by atoms with Crippen LogP contribution in [0.2, 0.25) is 0 Å². The summed E-state index contributed by atoms with van der Waals surface area (Å²) in [6, 6.07) is -0.508. The van der Waals surface area contributed by atoms with Gasteiger partial charge in [0.1, 0.15) is 6.04 Å². The van der Waals surface area contributed by atoms with Gasteiger partial charge in [-0.25, -0.2) is 0 Å². The molecule has 1 N–H and O–H groups in total. The number of esters is 1. The highest BCUT2D eigenvalue weighted by atomic mass is 16.5. The Labute approximate surface area is 119 Å². The second-order valence-electron chi connectivity index (χ2n) is 5.54. The first-order valence-corrected chi connectivity index (χ1v) is 6.97. The zero-order chi connectivity index (χ0) is 14.7. The quantitative estimate of drug-likeness (QED) is 0.628. The fourth-order valence-electron chi connectivity index (χ4n) is 2.76. The standard InChI is InChI=1S/C13H23N3O4/c1-14-3-5-15(6-4-14)12(18)9-16-8-10(17)7-11(16)13(19)20-2/h10-11,17H,3-9H2,1-2H3. The Morgan fingerprint density at radius 3 is 2.50 bits per heavy atom. The number of carbonyl (C=O) groups is 2. The van der Waals surface area contributed by atoms with Crippen LogP contribution in [0.3, 0.4) is 0 Å². The third-order valence-corrected chi connectivity index (χ3v) is 4.05. The molecule has 0 aliphatic carbocycles. The number of piperazine rings is 1. The molecule has 0 spiro atoms. The van der Waals surface area contributed by atoms with E-state index < -0.39 is 12.1 Å². The summed E-state index contributed by atoms with van der Waals surface area (Å²) in [5.74, 6) is -0.367. The molecule has 0 aromatic carbocycles. The van der Waals surface area contributed by atoms with Gasteiger partial charge in [0.05, 0.1) is 19.8 Å². The molecule has 2 unspecified atom stereocenters. The molecule has 2 rings (SSSR count). The van der Waals surface area contributed by atoms with E-state index in [0.717, 1.165) is 13.1 Å². The smallest absolute Gasteiger partial charge is 0.323 e. The number of β-amino-alcohol motifs (C(OH)–C–C–N with tert-alkyl or cyclic N) is 1. The fourth-order valence-corrected chi connectivity index (χ4v) is 2.76. The summed E-state index contributed by atoms with van der Waals surface area (Å²) in [4.78, 5) is 29.6. The van der Waals surface area contributed by atoms with Crippen molar-refractivity contribution in [1.82, 2.24) is 14.7 Å². The van der Waals surface area contributed by atoms with E-state index in [2.05, 4.69) is 4.90 Å². The fraction of sp³-hybridized carbons (Fsp3) is 0.846. The van der Waals surface area contributed by atoms with Crippen LogP contribution in [0, 0.1) is 0 Å². The van der Waals surface area contributed by atoms with Gasteiger partial charge >= 0.3 is 5.97 Å². The van der Waals surface area contributed by atoms with Crippen molar-refractivity contribution in [2.75, 3.05) is 53.4 Å². The Morgan fingerprint density at radius 1 is 1.25 bits per heavy atom. The van der Waals surface area contributed by atoms with Gasteiger partial charge in [-0.15, -0.1) is 0 Å². The molecule has 7 nitrogen and oxygen atoms in total. The first kappa shape index (κ1) is 15.2. The Hall–Kier alpha value is -1.18. The molecule has 2 saturated heterocycles. The van der Waals surface area contributed by atoms with Crippen LogP contribution in [0.25, 0.3) is 0 Å². The molecule has 0 saturated carbocycles. The van der Waals surface area contributed by atoms with Crippen molar-refractivity contribution in [3.8, 4) is 0 Å². The first-order chi connectivity index (χ1) is 9.51. The van der Waals surface area contributed by atoms with Crippen molar-refractivity contribution in [2.45, 2.75) is 18.6 Å². The molecule has 2 aliphatic rings. The van der Waals surface area contributed by atoms with Crippen LogP contribution in [0.1, 0.15) is 6.42 Å². The average molecular weight is 285 g/mol. The number of amides is 1. The van der Waals surface area contributed by atoms with Gasteiger partial charge in [-0.3, -0.25) is 14.5 Å². The van der Waals surface area contributed by atoms with Gasteiger partial charge < -0.3 is 19.6 Å². The van der Waals surface area contributed by atoms with Crippen LogP contribution in [-0.4, -0.2) is 97.3 Å². The molecule has 20 heavy (non-hydrogen) atoms. The van der Waals surface area contributed by atoms with Crippen LogP contribution >= 0.6 is 0 Å². The van der Waals surface area contributed by atoms with Crippen molar-refractivity contribution < 1.29 is 19.4 Å². The summed E-state index contributed by atoms with van der Waals surface area (Å²) >= 11 is 0. The number of nitrogens with zero attached hydrogens (tertiary/aromatic N) is 3. The summed E-state index contributed by atoms with van der Waals surface area (Å²) in [5, 5.41) is 9.69. The highest BCUT2D eigenvalue weighted by Crippen LogP contribution is 2.19. The Kier molecular flexibility index (Phi) is 4.95. The summed E-state index contributed by atoms with van der Waals surface area (Å²) in [5.41, 5.74) is 0. The maximum Gasteiger partial charge on any atom is 0.323 e. The van der Waals surface area contributed by atoms with Crippen LogP contribution in [0.4, 0.5) is 0 Å². The second kappa shape index (κ2) is 6.51. The average Bonchev–Trinajstić information content (AvgIpc) is 2.79. The second-order valence-corrected chi connectivity index (χ2v) is 5.54. The minimum absolute atomic E-state index is 0.0149. The van der Waals surface area contributed by atoms with Gasteiger partial charge in [0, 0.05) is 39.1 Å². The number of aliphatic hydroxyl groups excluding tert-OH is 1. The number of ether oxygens (including phenoxy) is 1. The van der Waals surface area contributed by atoms with Crippen molar-refractivity contribution >= 4 is 11.9 Å². The molecule has 0 bridgehead atoms. The van der Waals surface area contributed by atoms with Gasteiger partial charge in [-0.2, -0.15) is 0 Å². The third kappa shape index (κ3) is 3.47. The molecule has 0 aromatic rings. The number of rotatable bonds is 3. The number of hydrogen-bond acceptors (Lipinski definition) is 6. The molecule has 1 amide bonds. The highest BCUT2D eigenvalue weighted by molar-refractivity contribution is 5.81. The van der Waals surface area contributed by atoms with Gasteiger partial charge in [0.25, 0.3) is 0 Å². The normalized spacial score (nSPS) is 28.6. The van der Waals surface area contributed by atoms with E-state index in [1.165, 1.54) is 7.11 Å². The lowest BCUT2D eigenvalue weighted by Gasteiger charge is -2.34. The molecular formula is C13H23N3O4. The zero-order valence-corrected chi connectivity index (χ0v) is 12.1. The predicted molar refractivity (Wildman–Crippen MR) is 72.1 cm³/mol. The number of hydrogen-bond donors (Lipinski definition) is 1. The van der Waals surface area contributed by atoms with Gasteiger partial charge in [-0.05, 0) is 7.05 Å². The molecule has 2 aliphatic heterocycles. The molecule has 114 valence electrons. The van der Waals surface area contributed by atoms with E-state index in [-0.39, 0.29) is 18.4 Å². The van der Waals surface area contributed by atoms with Crippen LogP contribution in [0.15, 0.2) is 0 Å². The van der Waals surface area contributed by atoms with Crippen molar-refractivity contribution in [3.05, 3.63) is 0 Å². The largest absolute Gasteiger partial charge is 0.468 e. The summed E-state index contributed by atoms with van der Waals surface area (Å²) in [6.45, 7) is 3.69. The molecule has 0 radical (unpaired) electrons. The number of aliphatic hydroxyl groups is 1. The van der Waals surface area contributed by atoms with Crippen molar-refractivity contribution in [1.29, 1.82) is 0 Å². The molecule has 2 heterocycles. The van der Waals surface area contributed by atoms with E-state index in [1.807, 2.05) is 11.9 Å². The lowest BCUT2D eigenvalue weighted by Crippen LogP contribution is -2.51. The van der Waals surface area contributed by atoms with E-state index in [1.54, 1.807) is 4.90 Å². The van der Waals surface area contributed by atoms with Crippen molar-refractivity contribution in [2.24, 2.45) is 0 Å². The number of carbonyl (C=O) groups excluding carboxylic acids is 2. The van der Waals surface area contributed by atoms with E-state index >= 15 is 0 Å². The molecule has 0 aromatic heterocycles. The van der Waals surface area contributed by atoms with Crippen LogP contribution in [0.5, 0.6) is 0 Å². The molecule has 2 atom stereocenters. The van der Waals surface area contributed by atoms with Crippen LogP contribution < -0.4 is 0 Å². The maximum absolute atomic E-state index is 12.3. The minimum Gasteiger partial charge on any atom is -0.468 e. The van der Waals surface area contributed by atoms with Crippen LogP contribution in [-0.2, 0) is 14.3 Å². The summed E-state index contributed by atoms with van der Waals surface area (Å²) in [7, 11) is 3.36. The number of methoxy groups -OCH3 is 1. The monoisotopic (exact) mass is 285 g/mol. The molecule has 2 fully saturated rings. The lowest BCUT2D eigenvalue weighted by atomic mass is 10.2. The van der Waals surface area contributed by atoms with Gasteiger partial charge in [0.2, 0.25) is 5.91 Å². The topological polar surface area (TPSA) is 73.3 Å². The number of likely N-dealkylation sites (tertiary alicyclic amines) is 1. The first-order valence-electron chi connectivity index (χ1n) is 6.97. The summed E-state index contributed by atoms with van der Waals surface area (Å²) in [6.07, 6.45) is -0.234. The zero-order valence-electron chi connectivity index (χ0n) is 12.1. The third-order valence-electron chi connectivity index (χ3n) is 4.05. The van der Waals surface area contributed by atoms with Gasteiger partial charge in [0.15, 0.2) is 0 Å². The maximum atomic E-state index is 12.3. The Bertz CT molecular complexity index is 369. The minimum atomic E-state index is -0.570.